The number of nitrogens with zero attached hydrogens (tertiary/aromatic N) is 2. The number of esters is 1. The topological polar surface area (TPSA) is 88.1 Å². The number of carbonyl (C=O) groups excluding carboxylic acids is 3. The molecular weight excluding hydrogens is 334 g/mol. The number of anilines is 1. The van der Waals surface area contributed by atoms with Gasteiger partial charge in [0.2, 0.25) is 5.91 Å². The molecule has 2 rings (SSSR count). The zero-order chi connectivity index (χ0) is 17.9. The molecule has 1 aliphatic rings. The molecular formula is C16H18ClN3O4. The van der Waals surface area contributed by atoms with Gasteiger partial charge in [0.1, 0.15) is 5.71 Å². The van der Waals surface area contributed by atoms with Crippen molar-refractivity contribution in [1.82, 2.24) is 5.01 Å². The largest absolute Gasteiger partial charge is 0.451 e. The Kier molecular flexibility index (Phi) is 5.56. The summed E-state index contributed by atoms with van der Waals surface area (Å²) in [5.74, 6) is -1.39. The summed E-state index contributed by atoms with van der Waals surface area (Å²) in [5.41, 5.74) is 2.41. The molecule has 1 heterocycles. The lowest BCUT2D eigenvalue weighted by atomic mass is 10.1. The van der Waals surface area contributed by atoms with Crippen LogP contribution < -0.4 is 5.32 Å². The fraction of sp³-hybridized carbons (Fsp3) is 0.375. The molecule has 24 heavy (non-hydrogen) atoms. The van der Waals surface area contributed by atoms with Crippen LogP contribution in [0.15, 0.2) is 17.2 Å². The number of halogens is 1. The Morgan fingerprint density at radius 1 is 1.33 bits per heavy atom. The number of rotatable bonds is 4. The van der Waals surface area contributed by atoms with Crippen LogP contribution in [0.4, 0.5) is 5.69 Å². The molecule has 8 heteroatoms. The predicted octanol–water partition coefficient (Wildman–Crippen LogP) is 2.05. The van der Waals surface area contributed by atoms with Crippen molar-refractivity contribution in [3.63, 3.8) is 0 Å². The Morgan fingerprint density at radius 2 is 2.04 bits per heavy atom. The van der Waals surface area contributed by atoms with Crippen LogP contribution in [0.25, 0.3) is 0 Å². The summed E-state index contributed by atoms with van der Waals surface area (Å²) in [6, 6.07) is 3.62. The highest BCUT2D eigenvalue weighted by Crippen LogP contribution is 2.27. The quantitative estimate of drug-likeness (QED) is 0.841. The predicted molar refractivity (Wildman–Crippen MR) is 90.0 cm³/mol. The zero-order valence-corrected chi connectivity index (χ0v) is 14.4. The van der Waals surface area contributed by atoms with Gasteiger partial charge in [0.05, 0.1) is 10.7 Å². The summed E-state index contributed by atoms with van der Waals surface area (Å²) >= 11 is 6.11. The number of aryl methyl sites for hydroxylation is 2. The normalized spacial score (nSPS) is 14.2. The van der Waals surface area contributed by atoms with Crippen molar-refractivity contribution in [3.8, 4) is 0 Å². The minimum Gasteiger partial charge on any atom is -0.451 e. The Hall–Kier alpha value is -2.41. The Bertz CT molecular complexity index is 707. The lowest BCUT2D eigenvalue weighted by Crippen LogP contribution is -2.33. The average Bonchev–Trinajstić information content (AvgIpc) is 2.51. The average molecular weight is 352 g/mol. The molecule has 128 valence electrons. The van der Waals surface area contributed by atoms with Crippen LogP contribution in [0.5, 0.6) is 0 Å². The van der Waals surface area contributed by atoms with Crippen molar-refractivity contribution in [3.05, 3.63) is 28.3 Å². The van der Waals surface area contributed by atoms with Crippen molar-refractivity contribution < 1.29 is 19.1 Å². The Labute approximate surface area is 144 Å². The van der Waals surface area contributed by atoms with E-state index in [0.717, 1.165) is 16.1 Å². The monoisotopic (exact) mass is 351 g/mol. The molecule has 2 amide bonds. The SMILES string of the molecule is Cc1cc(C)c(NC(=O)COC(=O)C2=NN(C)C(=O)CC2)c(Cl)c1. The molecule has 1 N–H and O–H groups in total. The van der Waals surface area contributed by atoms with Crippen LogP contribution in [-0.4, -0.2) is 42.2 Å². The molecule has 1 aromatic rings. The zero-order valence-electron chi connectivity index (χ0n) is 13.7. The first kappa shape index (κ1) is 17.9. The van der Waals surface area contributed by atoms with E-state index < -0.39 is 18.5 Å². The van der Waals surface area contributed by atoms with Gasteiger partial charge in [-0.05, 0) is 31.0 Å². The molecule has 1 aromatic carbocycles. The summed E-state index contributed by atoms with van der Waals surface area (Å²) < 4.78 is 4.94. The van der Waals surface area contributed by atoms with Gasteiger partial charge in [-0.15, -0.1) is 0 Å². The molecule has 0 bridgehead atoms. The number of hydrazone groups is 1. The highest BCUT2D eigenvalue weighted by molar-refractivity contribution is 6.37. The van der Waals surface area contributed by atoms with Crippen LogP contribution in [0.2, 0.25) is 5.02 Å². The number of amides is 2. The minimum atomic E-state index is -0.712. The van der Waals surface area contributed by atoms with E-state index in [9.17, 15) is 14.4 Å². The van der Waals surface area contributed by atoms with Crippen molar-refractivity contribution >= 4 is 40.8 Å². The highest BCUT2D eigenvalue weighted by Gasteiger charge is 2.23. The van der Waals surface area contributed by atoms with E-state index in [4.69, 9.17) is 16.3 Å². The number of hydrogen-bond donors (Lipinski definition) is 1. The van der Waals surface area contributed by atoms with Crippen molar-refractivity contribution in [2.45, 2.75) is 26.7 Å². The van der Waals surface area contributed by atoms with E-state index in [1.807, 2.05) is 19.9 Å². The van der Waals surface area contributed by atoms with Gasteiger partial charge in [0.25, 0.3) is 5.91 Å². The summed E-state index contributed by atoms with van der Waals surface area (Å²) in [4.78, 5) is 35.2. The third-order valence-corrected chi connectivity index (χ3v) is 3.77. The van der Waals surface area contributed by atoms with Crippen LogP contribution in [0.3, 0.4) is 0 Å². The smallest absolute Gasteiger partial charge is 0.355 e. The molecule has 0 atom stereocenters. The van der Waals surface area contributed by atoms with Gasteiger partial charge in [0.15, 0.2) is 6.61 Å². The first-order chi connectivity index (χ1) is 11.3. The van der Waals surface area contributed by atoms with Crippen molar-refractivity contribution in [1.29, 1.82) is 0 Å². The van der Waals surface area contributed by atoms with Crippen LogP contribution in [0, 0.1) is 13.8 Å². The van der Waals surface area contributed by atoms with Gasteiger partial charge >= 0.3 is 5.97 Å². The molecule has 0 aromatic heterocycles. The summed E-state index contributed by atoms with van der Waals surface area (Å²) in [7, 11) is 1.46. The van der Waals surface area contributed by atoms with Crippen LogP contribution >= 0.6 is 11.6 Å². The molecule has 7 nitrogen and oxygen atoms in total. The lowest BCUT2D eigenvalue weighted by Gasteiger charge is -2.18. The standard InChI is InChI=1S/C16H18ClN3O4/c1-9-6-10(2)15(11(17)7-9)18-13(21)8-24-16(23)12-4-5-14(22)20(3)19-12/h6-7H,4-5,8H2,1-3H3,(H,18,21). The van der Waals surface area contributed by atoms with E-state index >= 15 is 0 Å². The fourth-order valence-electron chi connectivity index (χ4n) is 2.28. The lowest BCUT2D eigenvalue weighted by molar-refractivity contribution is -0.141. The number of nitrogens with one attached hydrogen (secondary N) is 1. The molecule has 0 saturated carbocycles. The molecule has 0 fully saturated rings. The Morgan fingerprint density at radius 3 is 2.67 bits per heavy atom. The third-order valence-electron chi connectivity index (χ3n) is 3.47. The first-order valence-electron chi connectivity index (χ1n) is 7.35. The van der Waals surface area contributed by atoms with Crippen molar-refractivity contribution in [2.75, 3.05) is 19.0 Å². The van der Waals surface area contributed by atoms with Gasteiger partial charge in [-0.3, -0.25) is 9.59 Å². The molecule has 0 saturated heterocycles. The number of ether oxygens (including phenoxy) is 1. The molecule has 1 aliphatic heterocycles. The number of carbonyl (C=O) groups is 3. The fourth-order valence-corrected chi connectivity index (χ4v) is 2.65. The summed E-state index contributed by atoms with van der Waals surface area (Å²) in [6.45, 7) is 3.27. The van der Waals surface area contributed by atoms with E-state index in [1.54, 1.807) is 6.07 Å². The van der Waals surface area contributed by atoms with E-state index in [2.05, 4.69) is 10.4 Å². The molecule has 0 spiro atoms. The highest BCUT2D eigenvalue weighted by atomic mass is 35.5. The summed E-state index contributed by atoms with van der Waals surface area (Å²) in [6.07, 6.45) is 0.390. The van der Waals surface area contributed by atoms with Crippen LogP contribution in [0.1, 0.15) is 24.0 Å². The van der Waals surface area contributed by atoms with Crippen molar-refractivity contribution in [2.24, 2.45) is 5.10 Å². The molecule has 0 unspecified atom stereocenters. The molecule has 0 aliphatic carbocycles. The number of benzene rings is 1. The van der Waals surface area contributed by atoms with E-state index in [0.29, 0.717) is 10.7 Å². The van der Waals surface area contributed by atoms with E-state index in [1.165, 1.54) is 7.05 Å². The molecule has 0 radical (unpaired) electrons. The third kappa shape index (κ3) is 4.32. The number of hydrogen-bond acceptors (Lipinski definition) is 5. The second-order valence-corrected chi connectivity index (χ2v) is 5.93. The maximum atomic E-state index is 12.0. The summed E-state index contributed by atoms with van der Waals surface area (Å²) in [5, 5.41) is 7.98. The van der Waals surface area contributed by atoms with Crippen LogP contribution in [-0.2, 0) is 19.1 Å². The van der Waals surface area contributed by atoms with Gasteiger partial charge in [-0.2, -0.15) is 5.10 Å². The van der Waals surface area contributed by atoms with Gasteiger partial charge < -0.3 is 10.1 Å². The van der Waals surface area contributed by atoms with Gasteiger partial charge in [-0.1, -0.05) is 17.7 Å². The van der Waals surface area contributed by atoms with Gasteiger partial charge in [0, 0.05) is 19.9 Å². The second kappa shape index (κ2) is 7.44. The maximum Gasteiger partial charge on any atom is 0.355 e. The van der Waals surface area contributed by atoms with Gasteiger partial charge in [-0.25, -0.2) is 9.80 Å². The van der Waals surface area contributed by atoms with E-state index in [-0.39, 0.29) is 24.5 Å². The second-order valence-electron chi connectivity index (χ2n) is 5.53. The first-order valence-corrected chi connectivity index (χ1v) is 7.73. The Balaban J connectivity index is 1.93. The minimum absolute atomic E-state index is 0.120. The maximum absolute atomic E-state index is 12.0.